The molecule has 1 rings (SSSR count). The first-order valence-corrected chi connectivity index (χ1v) is 6.53. The van der Waals surface area contributed by atoms with Crippen LogP contribution in [-0.2, 0) is 9.53 Å². The van der Waals surface area contributed by atoms with Crippen molar-refractivity contribution in [3.05, 3.63) is 0 Å². The SMILES string of the molecule is CC(C)(C)OC(=O)N[C@H](C(=O)O)C1C(C)(C)C1(C)C. The predicted octanol–water partition coefficient (Wildman–Crippen LogP) is 2.65. The fraction of sp³-hybridized carbons (Fsp3) is 0.857. The topological polar surface area (TPSA) is 75.6 Å². The van der Waals surface area contributed by atoms with Crippen molar-refractivity contribution in [1.82, 2.24) is 5.32 Å². The lowest BCUT2D eigenvalue weighted by Crippen LogP contribution is -2.46. The average molecular weight is 271 g/mol. The van der Waals surface area contributed by atoms with Gasteiger partial charge in [0.1, 0.15) is 11.6 Å². The van der Waals surface area contributed by atoms with Crippen LogP contribution in [0.15, 0.2) is 0 Å². The third kappa shape index (κ3) is 3.01. The summed E-state index contributed by atoms with van der Waals surface area (Å²) in [4.78, 5) is 23.1. The Balaban J connectivity index is 2.78. The molecular weight excluding hydrogens is 246 g/mol. The van der Waals surface area contributed by atoms with E-state index in [0.717, 1.165) is 0 Å². The monoisotopic (exact) mass is 271 g/mol. The number of alkyl carbamates (subject to hydrolysis) is 1. The largest absolute Gasteiger partial charge is 0.480 e. The smallest absolute Gasteiger partial charge is 0.408 e. The third-order valence-corrected chi connectivity index (χ3v) is 4.40. The van der Waals surface area contributed by atoms with E-state index < -0.39 is 23.7 Å². The zero-order valence-corrected chi connectivity index (χ0v) is 12.8. The van der Waals surface area contributed by atoms with Crippen molar-refractivity contribution >= 4 is 12.1 Å². The first kappa shape index (κ1) is 15.8. The number of ether oxygens (including phenoxy) is 1. The summed E-state index contributed by atoms with van der Waals surface area (Å²) in [5.41, 5.74) is -0.877. The van der Waals surface area contributed by atoms with E-state index in [1.807, 2.05) is 27.7 Å². The highest BCUT2D eigenvalue weighted by atomic mass is 16.6. The van der Waals surface area contributed by atoms with E-state index in [-0.39, 0.29) is 16.7 Å². The van der Waals surface area contributed by atoms with Gasteiger partial charge >= 0.3 is 12.1 Å². The van der Waals surface area contributed by atoms with Crippen molar-refractivity contribution in [3.63, 3.8) is 0 Å². The van der Waals surface area contributed by atoms with Crippen LogP contribution in [0.3, 0.4) is 0 Å². The van der Waals surface area contributed by atoms with Gasteiger partial charge in [0.05, 0.1) is 0 Å². The van der Waals surface area contributed by atoms with Crippen molar-refractivity contribution in [2.45, 2.75) is 60.1 Å². The molecule has 0 unspecified atom stereocenters. The number of amides is 1. The highest BCUT2D eigenvalue weighted by Gasteiger charge is 2.69. The number of hydrogen-bond donors (Lipinski definition) is 2. The van der Waals surface area contributed by atoms with Gasteiger partial charge in [-0.3, -0.25) is 0 Å². The van der Waals surface area contributed by atoms with Crippen LogP contribution < -0.4 is 5.32 Å². The molecule has 2 N–H and O–H groups in total. The normalized spacial score (nSPS) is 22.5. The molecule has 0 aliphatic heterocycles. The number of hydrogen-bond acceptors (Lipinski definition) is 3. The van der Waals surface area contributed by atoms with Crippen molar-refractivity contribution in [2.24, 2.45) is 16.7 Å². The Labute approximate surface area is 114 Å². The fourth-order valence-corrected chi connectivity index (χ4v) is 2.80. The predicted molar refractivity (Wildman–Crippen MR) is 71.8 cm³/mol. The van der Waals surface area contributed by atoms with Gasteiger partial charge in [0.25, 0.3) is 0 Å². The Bertz CT molecular complexity index is 379. The molecule has 5 heteroatoms. The van der Waals surface area contributed by atoms with Gasteiger partial charge in [-0.05, 0) is 31.6 Å². The molecule has 0 spiro atoms. The van der Waals surface area contributed by atoms with Crippen LogP contribution in [-0.4, -0.2) is 28.8 Å². The number of rotatable bonds is 3. The molecule has 1 fully saturated rings. The molecular formula is C14H25NO4. The summed E-state index contributed by atoms with van der Waals surface area (Å²) in [5, 5.41) is 11.8. The lowest BCUT2D eigenvalue weighted by Gasteiger charge is -2.22. The molecule has 0 radical (unpaired) electrons. The van der Waals surface area contributed by atoms with E-state index in [2.05, 4.69) is 5.32 Å². The number of carbonyl (C=O) groups excluding carboxylic acids is 1. The van der Waals surface area contributed by atoms with Gasteiger partial charge in [0.2, 0.25) is 0 Å². The van der Waals surface area contributed by atoms with E-state index in [1.54, 1.807) is 20.8 Å². The maximum Gasteiger partial charge on any atom is 0.408 e. The second-order valence-corrected chi connectivity index (χ2v) is 7.38. The maximum atomic E-state index is 11.7. The van der Waals surface area contributed by atoms with E-state index in [9.17, 15) is 14.7 Å². The van der Waals surface area contributed by atoms with Gasteiger partial charge in [-0.1, -0.05) is 27.7 Å². The summed E-state index contributed by atoms with van der Waals surface area (Å²) < 4.78 is 5.12. The number of carbonyl (C=O) groups is 2. The molecule has 1 atom stereocenters. The van der Waals surface area contributed by atoms with Gasteiger partial charge in [-0.15, -0.1) is 0 Å². The molecule has 1 aliphatic rings. The lowest BCUT2D eigenvalue weighted by atomic mass is 10.0. The number of carboxylic acids is 1. The van der Waals surface area contributed by atoms with Crippen LogP contribution in [0.2, 0.25) is 0 Å². The molecule has 1 amide bonds. The standard InChI is InChI=1S/C14H25NO4/c1-12(2,3)19-11(18)15-8(10(16)17)9-13(4,5)14(9,6)7/h8-9H,1-7H3,(H,15,18)(H,16,17)/t8-/m0/s1. The minimum absolute atomic E-state index is 0.106. The summed E-state index contributed by atoms with van der Waals surface area (Å²) in [7, 11) is 0. The molecule has 0 aromatic carbocycles. The first-order valence-electron chi connectivity index (χ1n) is 6.53. The van der Waals surface area contributed by atoms with Crippen molar-refractivity contribution < 1.29 is 19.4 Å². The molecule has 1 aliphatic carbocycles. The summed E-state index contributed by atoms with van der Waals surface area (Å²) in [6, 6.07) is -0.917. The molecule has 5 nitrogen and oxygen atoms in total. The van der Waals surface area contributed by atoms with Gasteiger partial charge < -0.3 is 15.2 Å². The quantitative estimate of drug-likeness (QED) is 0.827. The number of nitrogens with one attached hydrogen (secondary N) is 1. The summed E-state index contributed by atoms with van der Waals surface area (Å²) >= 11 is 0. The van der Waals surface area contributed by atoms with E-state index in [0.29, 0.717) is 0 Å². The number of carboxylic acid groups (broad SMARTS) is 1. The van der Waals surface area contributed by atoms with Gasteiger partial charge in [0, 0.05) is 5.92 Å². The van der Waals surface area contributed by atoms with E-state index >= 15 is 0 Å². The second kappa shape index (κ2) is 4.39. The van der Waals surface area contributed by atoms with Crippen LogP contribution in [0.5, 0.6) is 0 Å². The molecule has 19 heavy (non-hydrogen) atoms. The summed E-state index contributed by atoms with van der Waals surface area (Å²) in [6.07, 6.45) is -0.682. The van der Waals surface area contributed by atoms with E-state index in [4.69, 9.17) is 4.74 Å². The van der Waals surface area contributed by atoms with Crippen LogP contribution in [0.4, 0.5) is 4.79 Å². The molecule has 0 saturated heterocycles. The zero-order valence-electron chi connectivity index (χ0n) is 12.8. The van der Waals surface area contributed by atoms with Crippen molar-refractivity contribution in [2.75, 3.05) is 0 Å². The van der Waals surface area contributed by atoms with Gasteiger partial charge in [0.15, 0.2) is 0 Å². The summed E-state index contributed by atoms with van der Waals surface area (Å²) in [5.74, 6) is -1.13. The minimum atomic E-state index is -1.02. The number of aliphatic carboxylic acids is 1. The average Bonchev–Trinajstić information content (AvgIpc) is 2.50. The van der Waals surface area contributed by atoms with E-state index in [1.165, 1.54) is 0 Å². The fourth-order valence-electron chi connectivity index (χ4n) is 2.80. The highest BCUT2D eigenvalue weighted by molar-refractivity contribution is 5.81. The molecule has 1 saturated carbocycles. The minimum Gasteiger partial charge on any atom is -0.480 e. The lowest BCUT2D eigenvalue weighted by molar-refractivity contribution is -0.140. The van der Waals surface area contributed by atoms with Crippen LogP contribution >= 0.6 is 0 Å². The molecule has 0 heterocycles. The Morgan fingerprint density at radius 1 is 1.16 bits per heavy atom. The van der Waals surface area contributed by atoms with Crippen molar-refractivity contribution in [3.8, 4) is 0 Å². The molecule has 0 aromatic heterocycles. The van der Waals surface area contributed by atoms with Gasteiger partial charge in [-0.2, -0.15) is 0 Å². The Morgan fingerprint density at radius 3 is 1.84 bits per heavy atom. The zero-order chi connectivity index (χ0) is 15.2. The highest BCUT2D eigenvalue weighted by Crippen LogP contribution is 2.69. The van der Waals surface area contributed by atoms with Crippen LogP contribution in [0.1, 0.15) is 48.5 Å². The molecule has 0 bridgehead atoms. The van der Waals surface area contributed by atoms with Gasteiger partial charge in [-0.25, -0.2) is 9.59 Å². The summed E-state index contributed by atoms with van der Waals surface area (Å²) in [6.45, 7) is 13.3. The third-order valence-electron chi connectivity index (χ3n) is 4.40. The van der Waals surface area contributed by atoms with Crippen molar-refractivity contribution in [1.29, 1.82) is 0 Å². The first-order chi connectivity index (χ1) is 8.30. The maximum absolute atomic E-state index is 11.7. The molecule has 110 valence electrons. The second-order valence-electron chi connectivity index (χ2n) is 7.38. The Morgan fingerprint density at radius 2 is 1.58 bits per heavy atom. The van der Waals surface area contributed by atoms with Crippen LogP contribution in [0.25, 0.3) is 0 Å². The molecule has 0 aromatic rings. The Hall–Kier alpha value is -1.26. The Kier molecular flexibility index (Phi) is 3.65. The van der Waals surface area contributed by atoms with Crippen LogP contribution in [0, 0.1) is 16.7 Å².